The summed E-state index contributed by atoms with van der Waals surface area (Å²) < 4.78 is 44.9. The van der Waals surface area contributed by atoms with Crippen molar-refractivity contribution in [3.63, 3.8) is 0 Å². The molecule has 6 nitrogen and oxygen atoms in total. The number of sulfone groups is 1. The number of nitrogens with zero attached hydrogens (tertiary/aromatic N) is 2. The quantitative estimate of drug-likeness (QED) is 0.739. The zero-order chi connectivity index (χ0) is 13.1. The molecule has 0 aliphatic rings. The summed E-state index contributed by atoms with van der Waals surface area (Å²) in [6.07, 6.45) is 2.28. The Kier molecular flexibility index (Phi) is 4.08. The van der Waals surface area contributed by atoms with Crippen LogP contribution in [0, 0.1) is 11.3 Å². The van der Waals surface area contributed by atoms with Crippen LogP contribution in [0.1, 0.15) is 5.56 Å². The first-order valence-electron chi connectivity index (χ1n) is 4.25. The number of rotatable bonds is 4. The predicted molar refractivity (Wildman–Crippen MR) is 60.6 cm³/mol. The largest absolute Gasteiger partial charge is 0.263 e. The van der Waals surface area contributed by atoms with Crippen LogP contribution in [0.3, 0.4) is 0 Å². The number of hydrogen-bond donors (Lipinski definition) is 0. The van der Waals surface area contributed by atoms with Gasteiger partial charge in [-0.05, 0) is 6.07 Å². The second kappa shape index (κ2) is 5.00. The molecule has 0 bridgehead atoms. The molecular weight excluding hydrogens is 288 g/mol. The van der Waals surface area contributed by atoms with E-state index in [9.17, 15) is 16.8 Å². The van der Waals surface area contributed by atoms with Gasteiger partial charge in [-0.2, -0.15) is 5.26 Å². The van der Waals surface area contributed by atoms with Gasteiger partial charge in [0.05, 0.1) is 17.1 Å². The third kappa shape index (κ3) is 3.96. The first-order valence-corrected chi connectivity index (χ1v) is 8.38. The summed E-state index contributed by atoms with van der Waals surface area (Å²) in [7, 11) is -2.85. The second-order valence-electron chi connectivity index (χ2n) is 3.05. The Balaban J connectivity index is 3.11. The van der Waals surface area contributed by atoms with Crippen LogP contribution in [0.2, 0.25) is 0 Å². The molecule has 9 heteroatoms. The molecule has 0 aliphatic carbocycles. The van der Waals surface area contributed by atoms with Gasteiger partial charge in [0.15, 0.2) is 9.84 Å². The molecule has 0 saturated heterocycles. The topological polar surface area (TPSA) is 105 Å². The van der Waals surface area contributed by atoms with Gasteiger partial charge >= 0.3 is 0 Å². The van der Waals surface area contributed by atoms with E-state index < -0.39 is 30.4 Å². The SMILES string of the molecule is N#Cc1ccncc1S(=O)(=O)CCS(=O)(=O)Cl. The maximum atomic E-state index is 11.7. The highest BCUT2D eigenvalue weighted by Crippen LogP contribution is 2.15. The lowest BCUT2D eigenvalue weighted by Gasteiger charge is -2.03. The van der Waals surface area contributed by atoms with E-state index in [4.69, 9.17) is 15.9 Å². The normalized spacial score (nSPS) is 12.0. The lowest BCUT2D eigenvalue weighted by molar-refractivity contribution is 0.592. The molecule has 1 heterocycles. The number of aromatic nitrogens is 1. The maximum Gasteiger partial charge on any atom is 0.233 e. The van der Waals surface area contributed by atoms with Crippen molar-refractivity contribution < 1.29 is 16.8 Å². The number of hydrogen-bond acceptors (Lipinski definition) is 6. The molecule has 1 rings (SSSR count). The molecule has 0 N–H and O–H groups in total. The van der Waals surface area contributed by atoms with Crippen molar-refractivity contribution in [2.75, 3.05) is 11.5 Å². The Hall–Kier alpha value is -1.17. The molecule has 0 fully saturated rings. The van der Waals surface area contributed by atoms with E-state index >= 15 is 0 Å². The minimum atomic E-state index is -3.90. The monoisotopic (exact) mass is 294 g/mol. The van der Waals surface area contributed by atoms with Crippen molar-refractivity contribution in [2.24, 2.45) is 0 Å². The molecule has 1 aromatic heterocycles. The van der Waals surface area contributed by atoms with E-state index in [2.05, 4.69) is 4.98 Å². The third-order valence-electron chi connectivity index (χ3n) is 1.84. The van der Waals surface area contributed by atoms with Gasteiger partial charge in [-0.3, -0.25) is 4.98 Å². The van der Waals surface area contributed by atoms with E-state index in [1.54, 1.807) is 6.07 Å². The molecule has 0 spiro atoms. The summed E-state index contributed by atoms with van der Waals surface area (Å²) in [5, 5.41) is 8.72. The Labute approximate surface area is 103 Å². The first kappa shape index (κ1) is 13.9. The lowest BCUT2D eigenvalue weighted by atomic mass is 10.3. The molecular formula is C8H7ClN2O4S2. The van der Waals surface area contributed by atoms with Crippen molar-refractivity contribution in [2.45, 2.75) is 4.90 Å². The molecule has 17 heavy (non-hydrogen) atoms. The van der Waals surface area contributed by atoms with Crippen molar-refractivity contribution in [3.05, 3.63) is 24.0 Å². The minimum Gasteiger partial charge on any atom is -0.263 e. The lowest BCUT2D eigenvalue weighted by Crippen LogP contribution is -2.15. The third-order valence-corrected chi connectivity index (χ3v) is 4.99. The average Bonchev–Trinajstić information content (AvgIpc) is 2.26. The van der Waals surface area contributed by atoms with E-state index in [0.717, 1.165) is 6.20 Å². The van der Waals surface area contributed by atoms with Crippen LogP contribution in [0.25, 0.3) is 0 Å². The fraction of sp³-hybridized carbons (Fsp3) is 0.250. The minimum absolute atomic E-state index is 0.0769. The van der Waals surface area contributed by atoms with Crippen molar-refractivity contribution in [1.29, 1.82) is 5.26 Å². The van der Waals surface area contributed by atoms with E-state index in [1.165, 1.54) is 12.3 Å². The molecule has 0 aromatic carbocycles. The van der Waals surface area contributed by atoms with Crippen LogP contribution in [0.5, 0.6) is 0 Å². The van der Waals surface area contributed by atoms with Gasteiger partial charge in [-0.25, -0.2) is 16.8 Å². The van der Waals surface area contributed by atoms with Crippen molar-refractivity contribution in [3.8, 4) is 6.07 Å². The number of nitriles is 1. The highest BCUT2D eigenvalue weighted by molar-refractivity contribution is 8.14. The van der Waals surface area contributed by atoms with Gasteiger partial charge in [0.1, 0.15) is 11.0 Å². The molecule has 92 valence electrons. The van der Waals surface area contributed by atoms with E-state index in [-0.39, 0.29) is 10.5 Å². The van der Waals surface area contributed by atoms with Crippen LogP contribution in [0.4, 0.5) is 0 Å². The number of halogens is 1. The Morgan fingerprint density at radius 1 is 1.29 bits per heavy atom. The van der Waals surface area contributed by atoms with Gasteiger partial charge in [0.2, 0.25) is 9.05 Å². The summed E-state index contributed by atoms with van der Waals surface area (Å²) in [6.45, 7) is 0. The molecule has 0 radical (unpaired) electrons. The van der Waals surface area contributed by atoms with Crippen LogP contribution in [-0.2, 0) is 18.9 Å². The highest BCUT2D eigenvalue weighted by atomic mass is 35.7. The smallest absolute Gasteiger partial charge is 0.233 e. The molecule has 0 amide bonds. The fourth-order valence-corrected chi connectivity index (χ4v) is 4.17. The van der Waals surface area contributed by atoms with E-state index in [0.29, 0.717) is 0 Å². The van der Waals surface area contributed by atoms with Gasteiger partial charge in [-0.1, -0.05) is 0 Å². The van der Waals surface area contributed by atoms with Crippen molar-refractivity contribution in [1.82, 2.24) is 4.98 Å². The number of pyridine rings is 1. The van der Waals surface area contributed by atoms with Crippen LogP contribution >= 0.6 is 10.7 Å². The Morgan fingerprint density at radius 3 is 2.47 bits per heavy atom. The average molecular weight is 295 g/mol. The molecule has 0 atom stereocenters. The summed E-state index contributed by atoms with van der Waals surface area (Å²) in [5.74, 6) is -1.39. The zero-order valence-electron chi connectivity index (χ0n) is 8.37. The summed E-state index contributed by atoms with van der Waals surface area (Å²) >= 11 is 0. The highest BCUT2D eigenvalue weighted by Gasteiger charge is 2.21. The molecule has 0 saturated carbocycles. The molecule has 0 aliphatic heterocycles. The zero-order valence-corrected chi connectivity index (χ0v) is 10.8. The standard InChI is InChI=1S/C8H7ClN2O4S2/c9-17(14,15)4-3-16(12,13)8-6-11-2-1-7(8)5-10/h1-2,6H,3-4H2. The Bertz CT molecular complexity index is 661. The van der Waals surface area contributed by atoms with Gasteiger partial charge in [0.25, 0.3) is 0 Å². The van der Waals surface area contributed by atoms with Gasteiger partial charge in [-0.15, -0.1) is 0 Å². The summed E-state index contributed by atoms with van der Waals surface area (Å²) in [5.41, 5.74) is -0.0769. The maximum absolute atomic E-state index is 11.7. The summed E-state index contributed by atoms with van der Waals surface area (Å²) in [6, 6.07) is 2.94. The second-order valence-corrected chi connectivity index (χ2v) is 8.02. The van der Waals surface area contributed by atoms with Crippen LogP contribution in [0.15, 0.2) is 23.4 Å². The molecule has 1 aromatic rings. The van der Waals surface area contributed by atoms with Crippen molar-refractivity contribution >= 4 is 29.6 Å². The fourth-order valence-electron chi connectivity index (χ4n) is 1.04. The van der Waals surface area contributed by atoms with Gasteiger partial charge in [0, 0.05) is 23.1 Å². The van der Waals surface area contributed by atoms with Crippen LogP contribution < -0.4 is 0 Å². The Morgan fingerprint density at radius 2 is 1.94 bits per heavy atom. The molecule has 0 unspecified atom stereocenters. The van der Waals surface area contributed by atoms with E-state index in [1.807, 2.05) is 0 Å². The first-order chi connectivity index (χ1) is 7.76. The van der Waals surface area contributed by atoms with Gasteiger partial charge < -0.3 is 0 Å². The predicted octanol–water partition coefficient (Wildman–Crippen LogP) is 0.296. The van der Waals surface area contributed by atoms with Crippen LogP contribution in [-0.4, -0.2) is 33.3 Å². The summed E-state index contributed by atoms with van der Waals surface area (Å²) in [4.78, 5) is 3.30.